The molecule has 4 N–H and O–H groups in total. The van der Waals surface area contributed by atoms with Crippen molar-refractivity contribution in [2.45, 2.75) is 31.8 Å². The van der Waals surface area contributed by atoms with Crippen LogP contribution in [0, 0.1) is 0 Å². The molecule has 0 saturated heterocycles. The lowest BCUT2D eigenvalue weighted by Gasteiger charge is -2.08. The van der Waals surface area contributed by atoms with Crippen molar-refractivity contribution in [3.05, 3.63) is 23.8 Å². The summed E-state index contributed by atoms with van der Waals surface area (Å²) in [5.74, 6) is 0.969. The molecule has 0 spiro atoms. The minimum atomic E-state index is 0.139. The predicted molar refractivity (Wildman–Crippen MR) is 73.0 cm³/mol. The number of anilines is 1. The van der Waals surface area contributed by atoms with Gasteiger partial charge in [-0.3, -0.25) is 0 Å². The van der Waals surface area contributed by atoms with E-state index in [4.69, 9.17) is 15.6 Å². The van der Waals surface area contributed by atoms with Crippen molar-refractivity contribution in [2.75, 3.05) is 25.0 Å². The fourth-order valence-electron chi connectivity index (χ4n) is 2.21. The van der Waals surface area contributed by atoms with E-state index < -0.39 is 0 Å². The third-order valence-corrected chi connectivity index (χ3v) is 3.23. The minimum absolute atomic E-state index is 0.139. The Balaban J connectivity index is 1.81. The number of ether oxygens (including phenoxy) is 1. The van der Waals surface area contributed by atoms with E-state index in [2.05, 4.69) is 11.4 Å². The zero-order valence-corrected chi connectivity index (χ0v) is 10.7. The monoisotopic (exact) mass is 250 g/mol. The van der Waals surface area contributed by atoms with Crippen molar-refractivity contribution in [1.82, 2.24) is 0 Å². The topological polar surface area (TPSA) is 67.5 Å². The highest BCUT2D eigenvalue weighted by Crippen LogP contribution is 2.30. The molecule has 1 aromatic carbocycles. The average Bonchev–Trinajstić information content (AvgIpc) is 2.80. The molecule has 1 aliphatic rings. The van der Waals surface area contributed by atoms with E-state index in [9.17, 15) is 0 Å². The quantitative estimate of drug-likeness (QED) is 0.642. The van der Waals surface area contributed by atoms with Crippen LogP contribution in [-0.4, -0.2) is 30.9 Å². The molecule has 0 saturated carbocycles. The molecule has 0 bridgehead atoms. The Labute approximate surface area is 108 Å². The number of aliphatic hydroxyl groups excluding tert-OH is 1. The summed E-state index contributed by atoms with van der Waals surface area (Å²) in [6.45, 7) is 1.80. The van der Waals surface area contributed by atoms with Crippen LogP contribution < -0.4 is 15.8 Å². The molecule has 0 aromatic heterocycles. The molecule has 1 unspecified atom stereocenters. The van der Waals surface area contributed by atoms with Crippen LogP contribution in [0.15, 0.2) is 18.2 Å². The molecule has 1 atom stereocenters. The number of aliphatic hydroxyl groups is 1. The standard InChI is InChI=1S/C14H22N2O2/c15-10-13-9-11-8-12(4-5-14(11)18-13)16-6-2-1-3-7-17/h4-5,8,13,16-17H,1-3,6-7,9-10,15H2. The lowest BCUT2D eigenvalue weighted by molar-refractivity contribution is 0.241. The van der Waals surface area contributed by atoms with E-state index >= 15 is 0 Å². The summed E-state index contributed by atoms with van der Waals surface area (Å²) in [6, 6.07) is 6.21. The van der Waals surface area contributed by atoms with Gasteiger partial charge in [0.25, 0.3) is 0 Å². The Kier molecular flexibility index (Phi) is 4.84. The molecule has 0 aliphatic carbocycles. The summed E-state index contributed by atoms with van der Waals surface area (Å²) in [6.07, 6.45) is 4.08. The summed E-state index contributed by atoms with van der Waals surface area (Å²) in [5, 5.41) is 12.1. The summed E-state index contributed by atoms with van der Waals surface area (Å²) in [4.78, 5) is 0. The van der Waals surface area contributed by atoms with E-state index in [1.54, 1.807) is 0 Å². The smallest absolute Gasteiger partial charge is 0.123 e. The van der Waals surface area contributed by atoms with Crippen LogP contribution in [0.4, 0.5) is 5.69 Å². The number of benzene rings is 1. The highest BCUT2D eigenvalue weighted by atomic mass is 16.5. The maximum atomic E-state index is 8.69. The highest BCUT2D eigenvalue weighted by Gasteiger charge is 2.21. The van der Waals surface area contributed by atoms with Crippen LogP contribution in [0.5, 0.6) is 5.75 Å². The summed E-state index contributed by atoms with van der Waals surface area (Å²) in [5.41, 5.74) is 8.00. The van der Waals surface area contributed by atoms with Crippen LogP contribution in [0.1, 0.15) is 24.8 Å². The molecule has 1 aliphatic heterocycles. The molecular formula is C14H22N2O2. The highest BCUT2D eigenvalue weighted by molar-refractivity contribution is 5.52. The third kappa shape index (κ3) is 3.37. The molecule has 0 amide bonds. The van der Waals surface area contributed by atoms with Gasteiger partial charge in [0, 0.05) is 31.8 Å². The second kappa shape index (κ2) is 6.61. The first-order chi connectivity index (χ1) is 8.83. The fourth-order valence-corrected chi connectivity index (χ4v) is 2.21. The van der Waals surface area contributed by atoms with Gasteiger partial charge in [0.05, 0.1) is 0 Å². The SMILES string of the molecule is NCC1Cc2cc(NCCCCCO)ccc2O1. The molecule has 1 heterocycles. The van der Waals surface area contributed by atoms with Crippen LogP contribution in [-0.2, 0) is 6.42 Å². The Bertz CT molecular complexity index is 382. The van der Waals surface area contributed by atoms with Crippen molar-refractivity contribution in [3.63, 3.8) is 0 Å². The van der Waals surface area contributed by atoms with E-state index in [0.717, 1.165) is 43.7 Å². The van der Waals surface area contributed by atoms with Gasteiger partial charge >= 0.3 is 0 Å². The second-order valence-corrected chi connectivity index (χ2v) is 4.71. The Morgan fingerprint density at radius 1 is 1.33 bits per heavy atom. The molecule has 0 radical (unpaired) electrons. The first-order valence-corrected chi connectivity index (χ1v) is 6.68. The van der Waals surface area contributed by atoms with Gasteiger partial charge in [0.1, 0.15) is 11.9 Å². The van der Waals surface area contributed by atoms with E-state index in [1.165, 1.54) is 5.56 Å². The fraction of sp³-hybridized carbons (Fsp3) is 0.571. The summed E-state index contributed by atoms with van der Waals surface area (Å²) in [7, 11) is 0. The number of fused-ring (bicyclic) bond motifs is 1. The van der Waals surface area contributed by atoms with Crippen molar-refractivity contribution in [2.24, 2.45) is 5.73 Å². The second-order valence-electron chi connectivity index (χ2n) is 4.71. The predicted octanol–water partition coefficient (Wildman–Crippen LogP) is 1.52. The van der Waals surface area contributed by atoms with Crippen LogP contribution in [0.3, 0.4) is 0 Å². The number of hydrogen-bond donors (Lipinski definition) is 3. The van der Waals surface area contributed by atoms with Gasteiger partial charge in [-0.05, 0) is 43.0 Å². The maximum Gasteiger partial charge on any atom is 0.123 e. The van der Waals surface area contributed by atoms with Crippen LogP contribution in [0.25, 0.3) is 0 Å². The van der Waals surface area contributed by atoms with E-state index in [0.29, 0.717) is 6.54 Å². The Morgan fingerprint density at radius 3 is 3.00 bits per heavy atom. The number of nitrogens with two attached hydrogens (primary N) is 1. The van der Waals surface area contributed by atoms with Crippen molar-refractivity contribution < 1.29 is 9.84 Å². The average molecular weight is 250 g/mol. The molecule has 18 heavy (non-hydrogen) atoms. The van der Waals surface area contributed by atoms with Gasteiger partial charge in [-0.25, -0.2) is 0 Å². The van der Waals surface area contributed by atoms with Gasteiger partial charge in [-0.1, -0.05) is 0 Å². The Morgan fingerprint density at radius 2 is 2.22 bits per heavy atom. The van der Waals surface area contributed by atoms with Gasteiger partial charge in [0.2, 0.25) is 0 Å². The number of hydrogen-bond acceptors (Lipinski definition) is 4. The van der Waals surface area contributed by atoms with Crippen molar-refractivity contribution in [3.8, 4) is 5.75 Å². The molecule has 2 rings (SSSR count). The zero-order valence-electron chi connectivity index (χ0n) is 10.7. The van der Waals surface area contributed by atoms with E-state index in [-0.39, 0.29) is 12.7 Å². The lowest BCUT2D eigenvalue weighted by atomic mass is 10.1. The van der Waals surface area contributed by atoms with Crippen LogP contribution >= 0.6 is 0 Å². The summed E-state index contributed by atoms with van der Waals surface area (Å²) >= 11 is 0. The van der Waals surface area contributed by atoms with Crippen molar-refractivity contribution in [1.29, 1.82) is 0 Å². The van der Waals surface area contributed by atoms with Crippen molar-refractivity contribution >= 4 is 5.69 Å². The van der Waals surface area contributed by atoms with Gasteiger partial charge in [0.15, 0.2) is 0 Å². The molecular weight excluding hydrogens is 228 g/mol. The molecule has 4 heteroatoms. The minimum Gasteiger partial charge on any atom is -0.488 e. The van der Waals surface area contributed by atoms with Gasteiger partial charge in [-0.15, -0.1) is 0 Å². The van der Waals surface area contributed by atoms with Crippen LogP contribution in [0.2, 0.25) is 0 Å². The number of rotatable bonds is 7. The lowest BCUT2D eigenvalue weighted by Crippen LogP contribution is -2.24. The number of unbranched alkanes of at least 4 members (excludes halogenated alkanes) is 2. The molecule has 1 aromatic rings. The first kappa shape index (κ1) is 13.2. The van der Waals surface area contributed by atoms with Gasteiger partial charge < -0.3 is 20.9 Å². The first-order valence-electron chi connectivity index (χ1n) is 6.68. The Hall–Kier alpha value is -1.26. The third-order valence-electron chi connectivity index (χ3n) is 3.23. The number of nitrogens with one attached hydrogen (secondary N) is 1. The molecule has 0 fully saturated rings. The van der Waals surface area contributed by atoms with E-state index in [1.807, 2.05) is 12.1 Å². The maximum absolute atomic E-state index is 8.69. The zero-order chi connectivity index (χ0) is 12.8. The molecule has 100 valence electrons. The normalized spacial score (nSPS) is 17.3. The largest absolute Gasteiger partial charge is 0.488 e. The van der Waals surface area contributed by atoms with Gasteiger partial charge in [-0.2, -0.15) is 0 Å². The summed E-state index contributed by atoms with van der Waals surface area (Å²) < 4.78 is 5.69. The molecule has 4 nitrogen and oxygen atoms in total.